The van der Waals surface area contributed by atoms with Crippen LogP contribution in [0.2, 0.25) is 0 Å². The summed E-state index contributed by atoms with van der Waals surface area (Å²) in [4.78, 5) is 8.41. The van der Waals surface area contributed by atoms with Gasteiger partial charge in [-0.2, -0.15) is 22.0 Å². The average molecular weight is 205 g/mol. The van der Waals surface area contributed by atoms with E-state index in [4.69, 9.17) is 0 Å². The molecular weight excluding hydrogens is 201 g/mol. The van der Waals surface area contributed by atoms with Crippen LogP contribution in [0.3, 0.4) is 0 Å². The van der Waals surface area contributed by atoms with E-state index in [-0.39, 0.29) is 12.3 Å². The van der Waals surface area contributed by atoms with Crippen molar-refractivity contribution in [2.45, 2.75) is 18.5 Å². The lowest BCUT2D eigenvalue weighted by molar-refractivity contribution is -0.403. The van der Waals surface area contributed by atoms with Gasteiger partial charge in [0.05, 0.1) is 4.92 Å². The molecule has 0 aromatic heterocycles. The molecule has 8 heteroatoms. The molecule has 3 nitrogen and oxygen atoms in total. The number of hydrogen-bond acceptors (Lipinski definition) is 2. The second-order valence-electron chi connectivity index (χ2n) is 2.08. The van der Waals surface area contributed by atoms with Gasteiger partial charge in [-0.05, 0) is 6.08 Å². The first-order valence-corrected chi connectivity index (χ1v) is 2.91. The van der Waals surface area contributed by atoms with Gasteiger partial charge < -0.3 is 0 Å². The van der Waals surface area contributed by atoms with Crippen LogP contribution in [0.15, 0.2) is 12.3 Å². The van der Waals surface area contributed by atoms with E-state index in [0.717, 1.165) is 0 Å². The molecule has 0 spiro atoms. The number of alkyl halides is 5. The van der Waals surface area contributed by atoms with Crippen molar-refractivity contribution in [3.63, 3.8) is 0 Å². The van der Waals surface area contributed by atoms with Crippen molar-refractivity contribution in [3.05, 3.63) is 22.4 Å². The number of hydrogen-bond donors (Lipinski definition) is 0. The van der Waals surface area contributed by atoms with Gasteiger partial charge in [-0.1, -0.05) is 0 Å². The van der Waals surface area contributed by atoms with Crippen molar-refractivity contribution in [1.82, 2.24) is 0 Å². The third-order valence-electron chi connectivity index (χ3n) is 1.02. The fraction of sp³-hybridized carbons (Fsp3) is 0.600. The Morgan fingerprint density at radius 1 is 1.23 bits per heavy atom. The molecule has 0 aliphatic rings. The molecule has 0 amide bonds. The zero-order chi connectivity index (χ0) is 10.7. The van der Waals surface area contributed by atoms with Gasteiger partial charge >= 0.3 is 12.1 Å². The molecule has 0 heterocycles. The van der Waals surface area contributed by atoms with Gasteiger partial charge in [0.15, 0.2) is 0 Å². The Morgan fingerprint density at radius 3 is 2.00 bits per heavy atom. The number of halogens is 5. The molecule has 0 rings (SSSR count). The van der Waals surface area contributed by atoms with E-state index in [2.05, 4.69) is 0 Å². The number of nitro groups is 1. The van der Waals surface area contributed by atoms with Crippen molar-refractivity contribution in [2.24, 2.45) is 0 Å². The maximum Gasteiger partial charge on any atom is 0.453 e. The lowest BCUT2D eigenvalue weighted by Crippen LogP contribution is -2.35. The molecule has 0 aromatic carbocycles. The maximum atomic E-state index is 12.0. The summed E-state index contributed by atoms with van der Waals surface area (Å²) in [5, 5.41) is 9.53. The van der Waals surface area contributed by atoms with Crippen LogP contribution >= 0.6 is 0 Å². The van der Waals surface area contributed by atoms with E-state index < -0.39 is 23.4 Å². The lowest BCUT2D eigenvalue weighted by Gasteiger charge is -2.16. The molecule has 0 aromatic rings. The highest BCUT2D eigenvalue weighted by molar-refractivity contribution is 4.86. The Bertz CT molecular complexity index is 221. The molecular formula is C5H4F5NO2. The summed E-state index contributed by atoms with van der Waals surface area (Å²) < 4.78 is 58.2. The Morgan fingerprint density at radius 2 is 1.69 bits per heavy atom. The molecule has 0 fully saturated rings. The van der Waals surface area contributed by atoms with E-state index in [1.54, 1.807) is 0 Å². The molecule has 76 valence electrons. The Hall–Kier alpha value is -1.21. The van der Waals surface area contributed by atoms with Gasteiger partial charge in [-0.3, -0.25) is 10.1 Å². The zero-order valence-corrected chi connectivity index (χ0v) is 6.02. The van der Waals surface area contributed by atoms with Gasteiger partial charge in [0, 0.05) is 6.42 Å². The summed E-state index contributed by atoms with van der Waals surface area (Å²) in [5.74, 6) is -4.92. The molecule has 13 heavy (non-hydrogen) atoms. The van der Waals surface area contributed by atoms with Crippen LogP contribution in [0.5, 0.6) is 0 Å². The molecule has 0 saturated heterocycles. The SMILES string of the molecule is O=[N+]([O-])/C=C/CC(F)(F)C(F)(F)F. The summed E-state index contributed by atoms with van der Waals surface area (Å²) >= 11 is 0. The van der Waals surface area contributed by atoms with Crippen molar-refractivity contribution in [3.8, 4) is 0 Å². The van der Waals surface area contributed by atoms with Gasteiger partial charge in [0.25, 0.3) is 0 Å². The highest BCUT2D eigenvalue weighted by atomic mass is 19.4. The van der Waals surface area contributed by atoms with E-state index in [1.807, 2.05) is 0 Å². The largest absolute Gasteiger partial charge is 0.453 e. The van der Waals surface area contributed by atoms with Crippen molar-refractivity contribution in [2.75, 3.05) is 0 Å². The molecule has 0 N–H and O–H groups in total. The average Bonchev–Trinajstić information content (AvgIpc) is 1.82. The Labute approximate surface area is 69.0 Å². The van der Waals surface area contributed by atoms with Gasteiger partial charge in [0.1, 0.15) is 0 Å². The number of allylic oxidation sites excluding steroid dienone is 1. The van der Waals surface area contributed by atoms with Crippen LogP contribution in [0.1, 0.15) is 6.42 Å². The van der Waals surface area contributed by atoms with Crippen LogP contribution in [-0.2, 0) is 0 Å². The lowest BCUT2D eigenvalue weighted by atomic mass is 10.2. The number of nitrogens with zero attached hydrogens (tertiary/aromatic N) is 1. The molecule has 0 bridgehead atoms. The predicted octanol–water partition coefficient (Wildman–Crippen LogP) is 2.36. The van der Waals surface area contributed by atoms with Crippen molar-refractivity contribution < 1.29 is 26.9 Å². The maximum absolute atomic E-state index is 12.0. The fourth-order valence-corrected chi connectivity index (χ4v) is 0.403. The summed E-state index contributed by atoms with van der Waals surface area (Å²) in [5.41, 5.74) is 0. The quantitative estimate of drug-likeness (QED) is 0.403. The van der Waals surface area contributed by atoms with Gasteiger partial charge in [0.2, 0.25) is 6.20 Å². The van der Waals surface area contributed by atoms with E-state index in [0.29, 0.717) is 0 Å². The first kappa shape index (κ1) is 11.8. The minimum absolute atomic E-state index is 0.0413. The highest BCUT2D eigenvalue weighted by Crippen LogP contribution is 2.38. The van der Waals surface area contributed by atoms with Gasteiger partial charge in [-0.15, -0.1) is 0 Å². The zero-order valence-electron chi connectivity index (χ0n) is 6.02. The predicted molar refractivity (Wildman–Crippen MR) is 31.8 cm³/mol. The first-order valence-electron chi connectivity index (χ1n) is 2.91. The normalized spacial score (nSPS) is 13.6. The van der Waals surface area contributed by atoms with Crippen molar-refractivity contribution >= 4 is 0 Å². The van der Waals surface area contributed by atoms with E-state index in [1.165, 1.54) is 0 Å². The van der Waals surface area contributed by atoms with Crippen LogP contribution in [0.25, 0.3) is 0 Å². The second-order valence-corrected chi connectivity index (χ2v) is 2.08. The van der Waals surface area contributed by atoms with E-state index in [9.17, 15) is 32.1 Å². The summed E-state index contributed by atoms with van der Waals surface area (Å²) in [6, 6.07) is 0. The topological polar surface area (TPSA) is 43.1 Å². The van der Waals surface area contributed by atoms with Crippen LogP contribution in [-0.4, -0.2) is 17.0 Å². The standard InChI is InChI=1S/C5H4F5NO2/c6-4(7,5(8,9)10)2-1-3-11(12)13/h1,3H,2H2/b3-1+. The molecule has 0 unspecified atom stereocenters. The first-order chi connectivity index (χ1) is 5.67. The van der Waals surface area contributed by atoms with Gasteiger partial charge in [-0.25, -0.2) is 0 Å². The molecule has 0 saturated carbocycles. The monoisotopic (exact) mass is 205 g/mol. The smallest absolute Gasteiger partial charge is 0.259 e. The molecule has 0 radical (unpaired) electrons. The molecule has 0 aliphatic heterocycles. The molecule has 0 atom stereocenters. The molecule has 0 aliphatic carbocycles. The highest BCUT2D eigenvalue weighted by Gasteiger charge is 2.56. The number of rotatable bonds is 3. The Kier molecular flexibility index (Phi) is 3.33. The summed E-state index contributed by atoms with van der Waals surface area (Å²) in [7, 11) is 0. The summed E-state index contributed by atoms with van der Waals surface area (Å²) in [6.45, 7) is 0. The van der Waals surface area contributed by atoms with E-state index >= 15 is 0 Å². The third-order valence-corrected chi connectivity index (χ3v) is 1.02. The second kappa shape index (κ2) is 3.67. The van der Waals surface area contributed by atoms with Crippen LogP contribution in [0.4, 0.5) is 22.0 Å². The summed E-state index contributed by atoms with van der Waals surface area (Å²) in [6.07, 6.45) is -7.20. The van der Waals surface area contributed by atoms with Crippen LogP contribution in [0, 0.1) is 10.1 Å². The van der Waals surface area contributed by atoms with Crippen LogP contribution < -0.4 is 0 Å². The fourth-order valence-electron chi connectivity index (χ4n) is 0.403. The third kappa shape index (κ3) is 3.81. The minimum atomic E-state index is -5.67. The minimum Gasteiger partial charge on any atom is -0.259 e. The van der Waals surface area contributed by atoms with Crippen molar-refractivity contribution in [1.29, 1.82) is 0 Å². The Balaban J connectivity index is 4.27.